The summed E-state index contributed by atoms with van der Waals surface area (Å²) in [4.78, 5) is 47.4. The van der Waals surface area contributed by atoms with Gasteiger partial charge in [-0.2, -0.15) is 0 Å². The molecule has 5 atom stereocenters. The summed E-state index contributed by atoms with van der Waals surface area (Å²) in [5, 5.41) is 2.14. The summed E-state index contributed by atoms with van der Waals surface area (Å²) in [6.07, 6.45) is 7.61. The van der Waals surface area contributed by atoms with Crippen molar-refractivity contribution < 1.29 is 14.3 Å². The van der Waals surface area contributed by atoms with Crippen molar-refractivity contribution in [3.63, 3.8) is 0 Å². The Bertz CT molecular complexity index is 2080. The number of aromatic amines is 2. The van der Waals surface area contributed by atoms with Crippen molar-refractivity contribution in [1.82, 2.24) is 29.7 Å². The molecule has 9 heteroatoms. The Hall–Kier alpha value is -4.66. The van der Waals surface area contributed by atoms with Crippen LogP contribution in [0.4, 0.5) is 0 Å². The van der Waals surface area contributed by atoms with Gasteiger partial charge < -0.3 is 24.5 Å². The van der Waals surface area contributed by atoms with Crippen LogP contribution >= 0.6 is 0 Å². The number of amides is 2. The zero-order valence-electron chi connectivity index (χ0n) is 31.2. The summed E-state index contributed by atoms with van der Waals surface area (Å²) < 4.78 is 6.41. The summed E-state index contributed by atoms with van der Waals surface area (Å²) in [6, 6.07) is 15.2. The first kappa shape index (κ1) is 34.8. The number of likely N-dealkylation sites (tertiary alicyclic amines) is 1. The minimum Gasteiger partial charge on any atom is -0.488 e. The number of rotatable bonds is 11. The van der Waals surface area contributed by atoms with Gasteiger partial charge in [-0.05, 0) is 98.7 Å². The second-order valence-corrected chi connectivity index (χ2v) is 14.9. The van der Waals surface area contributed by atoms with E-state index in [1.54, 1.807) is 0 Å². The van der Waals surface area contributed by atoms with Crippen molar-refractivity contribution in [2.45, 2.75) is 124 Å². The number of carbonyl (C=O) groups excluding carboxylic acids is 2. The maximum atomic E-state index is 13.4. The van der Waals surface area contributed by atoms with E-state index >= 15 is 0 Å². The Balaban J connectivity index is 1.16. The van der Waals surface area contributed by atoms with Gasteiger partial charge in [-0.3, -0.25) is 9.59 Å². The lowest BCUT2D eigenvalue weighted by Gasteiger charge is -2.34. The molecule has 51 heavy (non-hydrogen) atoms. The molecule has 0 aliphatic carbocycles. The number of benzene rings is 3. The van der Waals surface area contributed by atoms with E-state index in [1.165, 1.54) is 0 Å². The molecule has 7 rings (SSSR count). The lowest BCUT2D eigenvalue weighted by atomic mass is 9.92. The number of nitrogens with zero attached hydrogens (tertiary/aromatic N) is 4. The molecule has 9 nitrogen and oxygen atoms in total. The van der Waals surface area contributed by atoms with Crippen LogP contribution in [0.5, 0.6) is 5.75 Å². The van der Waals surface area contributed by atoms with Crippen LogP contribution < -0.4 is 4.74 Å². The molecule has 0 saturated carbocycles. The predicted molar refractivity (Wildman–Crippen MR) is 203 cm³/mol. The first-order valence-corrected chi connectivity index (χ1v) is 19.0. The molecule has 2 aromatic heterocycles. The van der Waals surface area contributed by atoms with Gasteiger partial charge in [-0.1, -0.05) is 52.3 Å². The molecule has 0 unspecified atom stereocenters. The van der Waals surface area contributed by atoms with Gasteiger partial charge in [0.15, 0.2) is 0 Å². The lowest BCUT2D eigenvalue weighted by Crippen LogP contribution is -2.41. The fourth-order valence-corrected chi connectivity index (χ4v) is 8.06. The minimum absolute atomic E-state index is 0.0263. The van der Waals surface area contributed by atoms with E-state index in [1.807, 2.05) is 16.0 Å². The number of hydrogen-bond acceptors (Lipinski definition) is 5. The maximum absolute atomic E-state index is 13.4. The monoisotopic (exact) mass is 688 g/mol. The Morgan fingerprint density at radius 1 is 1.00 bits per heavy atom. The standard InChI is InChI=1S/C42H52N6O3/c1-8-11-38(49)48-26(6)12-17-36(48)42-44-34-16-14-28-20-33-31-15-13-29(19-30(31)23-51-37(33)21-32(28)40(34)46-42)35-22-43-41(45-35)27(7)47(25(5)10-3)39(50)18-24(4)9-2/h13-16,19-22,24-27,36H,8-12,17-18,23H2,1-7H3,(H,43,45)(H,44,46)/t24-,25-,26-,27-,36-/m0/s1. The maximum Gasteiger partial charge on any atom is 0.223 e. The topological polar surface area (TPSA) is 107 Å². The van der Waals surface area contributed by atoms with Gasteiger partial charge >= 0.3 is 0 Å². The molecule has 2 amide bonds. The van der Waals surface area contributed by atoms with Crippen molar-refractivity contribution >= 4 is 33.6 Å². The first-order valence-electron chi connectivity index (χ1n) is 19.0. The molecule has 0 spiro atoms. The van der Waals surface area contributed by atoms with Crippen molar-refractivity contribution in [3.8, 4) is 28.1 Å². The van der Waals surface area contributed by atoms with E-state index in [4.69, 9.17) is 14.7 Å². The zero-order valence-corrected chi connectivity index (χ0v) is 31.2. The molecule has 1 fully saturated rings. The fraction of sp³-hybridized carbons (Fsp3) is 0.476. The highest BCUT2D eigenvalue weighted by atomic mass is 16.5. The summed E-state index contributed by atoms with van der Waals surface area (Å²) in [5.41, 5.74) is 7.17. The van der Waals surface area contributed by atoms with Crippen molar-refractivity contribution in [1.29, 1.82) is 0 Å². The molecule has 268 valence electrons. The number of ether oxygens (including phenoxy) is 1. The van der Waals surface area contributed by atoms with Gasteiger partial charge in [0.05, 0.1) is 35.0 Å². The Morgan fingerprint density at radius 3 is 2.59 bits per heavy atom. The van der Waals surface area contributed by atoms with Crippen LogP contribution in [0.15, 0.2) is 48.7 Å². The van der Waals surface area contributed by atoms with Gasteiger partial charge in [0.1, 0.15) is 24.0 Å². The van der Waals surface area contributed by atoms with Crippen LogP contribution in [0.25, 0.3) is 44.2 Å². The quantitative estimate of drug-likeness (QED) is 0.144. The zero-order chi connectivity index (χ0) is 36.0. The highest BCUT2D eigenvalue weighted by Crippen LogP contribution is 2.43. The van der Waals surface area contributed by atoms with Crippen LogP contribution in [0.1, 0.15) is 123 Å². The van der Waals surface area contributed by atoms with E-state index < -0.39 is 0 Å². The van der Waals surface area contributed by atoms with Gasteiger partial charge in [0.25, 0.3) is 0 Å². The predicted octanol–water partition coefficient (Wildman–Crippen LogP) is 9.64. The van der Waals surface area contributed by atoms with Gasteiger partial charge in [-0.25, -0.2) is 9.97 Å². The molecule has 2 aliphatic heterocycles. The molecule has 5 aromatic rings. The molecule has 2 aliphatic rings. The second kappa shape index (κ2) is 14.2. The van der Waals surface area contributed by atoms with Gasteiger partial charge in [0.2, 0.25) is 11.8 Å². The molecule has 1 saturated heterocycles. The third-order valence-electron chi connectivity index (χ3n) is 11.4. The molecule has 0 bridgehead atoms. The summed E-state index contributed by atoms with van der Waals surface area (Å²) >= 11 is 0. The lowest BCUT2D eigenvalue weighted by molar-refractivity contribution is -0.137. The molecule has 4 heterocycles. The van der Waals surface area contributed by atoms with E-state index in [-0.39, 0.29) is 36.0 Å². The number of imidazole rings is 2. The first-order chi connectivity index (χ1) is 24.6. The normalized spacial score (nSPS) is 18.7. The smallest absolute Gasteiger partial charge is 0.223 e. The molecular formula is C42H52N6O3. The van der Waals surface area contributed by atoms with E-state index in [2.05, 4.69) is 101 Å². The third kappa shape index (κ3) is 6.40. The number of carbonyl (C=O) groups is 2. The third-order valence-corrected chi connectivity index (χ3v) is 11.4. The average molecular weight is 689 g/mol. The number of hydrogen-bond donors (Lipinski definition) is 2. The van der Waals surface area contributed by atoms with Crippen LogP contribution in [0.3, 0.4) is 0 Å². The van der Waals surface area contributed by atoms with Crippen LogP contribution in [-0.2, 0) is 16.2 Å². The van der Waals surface area contributed by atoms with Crippen LogP contribution in [0.2, 0.25) is 0 Å². The molecule has 2 N–H and O–H groups in total. The van der Waals surface area contributed by atoms with Gasteiger partial charge in [0, 0.05) is 35.9 Å². The number of nitrogens with one attached hydrogen (secondary N) is 2. The van der Waals surface area contributed by atoms with Crippen LogP contribution in [0, 0.1) is 5.92 Å². The summed E-state index contributed by atoms with van der Waals surface area (Å²) in [6.45, 7) is 15.2. The van der Waals surface area contributed by atoms with Crippen molar-refractivity contribution in [2.24, 2.45) is 5.92 Å². The van der Waals surface area contributed by atoms with E-state index in [0.29, 0.717) is 25.4 Å². The molecule has 3 aromatic carbocycles. The minimum atomic E-state index is -0.160. The highest BCUT2D eigenvalue weighted by molar-refractivity contribution is 6.07. The average Bonchev–Trinajstić information content (AvgIpc) is 3.89. The Labute approximate surface area is 301 Å². The van der Waals surface area contributed by atoms with Gasteiger partial charge in [-0.15, -0.1) is 0 Å². The number of fused-ring (bicyclic) bond motifs is 6. The van der Waals surface area contributed by atoms with Crippen molar-refractivity contribution in [2.75, 3.05) is 0 Å². The van der Waals surface area contributed by atoms with Crippen LogP contribution in [-0.4, -0.2) is 53.6 Å². The summed E-state index contributed by atoms with van der Waals surface area (Å²) in [5.74, 6) is 3.25. The number of aromatic nitrogens is 4. The van der Waals surface area contributed by atoms with E-state index in [9.17, 15) is 9.59 Å². The van der Waals surface area contributed by atoms with Crippen molar-refractivity contribution in [3.05, 3.63) is 65.9 Å². The number of H-pyrrole nitrogens is 2. The summed E-state index contributed by atoms with van der Waals surface area (Å²) in [7, 11) is 0. The second-order valence-electron chi connectivity index (χ2n) is 14.9. The molecule has 0 radical (unpaired) electrons. The van der Waals surface area contributed by atoms with E-state index in [0.717, 1.165) is 99.3 Å². The molecular weight excluding hydrogens is 637 g/mol. The Morgan fingerprint density at radius 2 is 1.82 bits per heavy atom. The fourth-order valence-electron chi connectivity index (χ4n) is 8.06. The highest BCUT2D eigenvalue weighted by Gasteiger charge is 2.37. The largest absolute Gasteiger partial charge is 0.488 e. The SMILES string of the molecule is CCCC(=O)N1[C@@H](C)CC[C@H]1c1nc2c(ccc3cc4c(cc32)OCc2cc(-c3cnc([C@H](C)N(C(=O)C[C@@H](C)CC)[C@@H](C)CC)[nH]3)ccc2-4)[nH]1. The Kier molecular flexibility index (Phi) is 9.66.